The summed E-state index contributed by atoms with van der Waals surface area (Å²) in [6.45, 7) is 3.96. The molecule has 57 heavy (non-hydrogen) atoms. The second kappa shape index (κ2) is 15.0. The fourth-order valence-corrected chi connectivity index (χ4v) is 10.0. The molecule has 290 valence electrons. The van der Waals surface area contributed by atoms with Crippen LogP contribution in [0.25, 0.3) is 22.1 Å². The van der Waals surface area contributed by atoms with Crippen LogP contribution in [0.3, 0.4) is 0 Å². The highest BCUT2D eigenvalue weighted by molar-refractivity contribution is 8.14. The van der Waals surface area contributed by atoms with Gasteiger partial charge < -0.3 is 31.0 Å². The number of fused-ring (bicyclic) bond motifs is 8. The summed E-state index contributed by atoms with van der Waals surface area (Å²) in [5.74, 6) is 0.286. The molecule has 0 radical (unpaired) electrons. The summed E-state index contributed by atoms with van der Waals surface area (Å²) in [7, 11) is 0. The van der Waals surface area contributed by atoms with Crippen LogP contribution >= 0.6 is 23.5 Å². The second-order valence-corrected chi connectivity index (χ2v) is 17.3. The van der Waals surface area contributed by atoms with Gasteiger partial charge in [-0.1, -0.05) is 35.7 Å². The van der Waals surface area contributed by atoms with Crippen LogP contribution in [0.2, 0.25) is 0 Å². The number of aromatic amines is 2. The normalized spacial score (nSPS) is 18.1. The number of hydrogen-bond acceptors (Lipinski definition) is 12. The van der Waals surface area contributed by atoms with Crippen molar-refractivity contribution >= 4 is 90.7 Å². The molecule has 14 nitrogen and oxygen atoms in total. The molecule has 2 unspecified atom stereocenters. The number of carboxylic acid groups (broad SMARTS) is 1. The highest BCUT2D eigenvalue weighted by Crippen LogP contribution is 2.40. The topological polar surface area (TPSA) is 208 Å². The van der Waals surface area contributed by atoms with E-state index in [1.807, 2.05) is 50.2 Å². The summed E-state index contributed by atoms with van der Waals surface area (Å²) in [5, 5.41) is 21.3. The number of nitrogens with zero attached hydrogens (tertiary/aromatic N) is 4. The fourth-order valence-electron chi connectivity index (χ4n) is 8.16. The molecule has 1 amide bonds. The molecule has 2 aromatic carbocycles. The fraction of sp³-hybridized carbons (Fsp3) is 0.317. The summed E-state index contributed by atoms with van der Waals surface area (Å²) >= 11 is 2.55. The van der Waals surface area contributed by atoms with Crippen molar-refractivity contribution in [1.29, 1.82) is 0 Å². The molecule has 10 rings (SSSR count). The van der Waals surface area contributed by atoms with Crippen LogP contribution in [0.1, 0.15) is 60.3 Å². The average Bonchev–Trinajstić information content (AvgIpc) is 3.95. The highest BCUT2D eigenvalue weighted by atomic mass is 32.2. The number of benzene rings is 2. The molecule has 0 saturated heterocycles. The summed E-state index contributed by atoms with van der Waals surface area (Å²) in [6, 6.07) is 11.9. The number of rotatable bonds is 7. The van der Waals surface area contributed by atoms with Crippen molar-refractivity contribution in [1.82, 2.24) is 35.2 Å². The van der Waals surface area contributed by atoms with Gasteiger partial charge in [0.1, 0.15) is 35.6 Å². The first-order valence-corrected chi connectivity index (χ1v) is 20.6. The maximum atomic E-state index is 12.6. The molecule has 2 aliphatic carbocycles. The number of anilines is 4. The van der Waals surface area contributed by atoms with E-state index in [9.17, 15) is 24.3 Å². The molecule has 6 aromatic rings. The molecular formula is C41H39N9O5S2. The lowest BCUT2D eigenvalue weighted by Gasteiger charge is -2.23. The van der Waals surface area contributed by atoms with Crippen molar-refractivity contribution in [3.8, 4) is 0 Å². The van der Waals surface area contributed by atoms with E-state index in [0.717, 1.165) is 89.9 Å². The summed E-state index contributed by atoms with van der Waals surface area (Å²) in [4.78, 5) is 73.7. The zero-order valence-corrected chi connectivity index (χ0v) is 32.8. The molecule has 0 bridgehead atoms. The number of carbonyl (C=O) groups is 4. The van der Waals surface area contributed by atoms with E-state index in [4.69, 9.17) is 0 Å². The van der Waals surface area contributed by atoms with Crippen LogP contribution in [0.15, 0.2) is 58.8 Å². The van der Waals surface area contributed by atoms with Gasteiger partial charge in [0.05, 0.1) is 16.7 Å². The zero-order valence-electron chi connectivity index (χ0n) is 31.2. The van der Waals surface area contributed by atoms with Crippen LogP contribution in [-0.4, -0.2) is 63.2 Å². The largest absolute Gasteiger partial charge is 0.481 e. The standard InChI is InChI=1S/C22H23N5O2S.C19H16N4O3S/c1-11(2)25-22(29)13-4-6-16-15(7-13)19-20(23-10-24-21(19)27-16)26-14-5-3-12-8-18(28)30-17(12)9-14;24-15-6-9-1-3-11(7-14(9)27-15)22-17-16-12-5-10(19(25)26)2-4-13(12)23-18(16)21-8-20-17/h3,5,9-11,13H,4,6-8H2,1-2H3,(H,25,29)(H2,23,24,26,27);1,3,7-8,10H,2,4-6H2,(H,25,26)(H2,20,21,22,23). The average molecular weight is 802 g/mol. The van der Waals surface area contributed by atoms with Crippen molar-refractivity contribution in [3.05, 3.63) is 82.7 Å². The first-order chi connectivity index (χ1) is 27.6. The Kier molecular flexibility index (Phi) is 9.68. The predicted molar refractivity (Wildman–Crippen MR) is 218 cm³/mol. The Morgan fingerprint density at radius 1 is 0.737 bits per heavy atom. The molecular weight excluding hydrogens is 763 g/mol. The first kappa shape index (κ1) is 36.9. The van der Waals surface area contributed by atoms with Crippen molar-refractivity contribution in [3.63, 3.8) is 0 Å². The van der Waals surface area contributed by atoms with Gasteiger partial charge in [-0.3, -0.25) is 19.2 Å². The summed E-state index contributed by atoms with van der Waals surface area (Å²) in [5.41, 5.74) is 9.63. The number of nitrogens with one attached hydrogen (secondary N) is 5. The number of aromatic nitrogens is 6. The van der Waals surface area contributed by atoms with Crippen molar-refractivity contribution < 1.29 is 24.3 Å². The number of H-pyrrole nitrogens is 2. The minimum atomic E-state index is -0.762. The van der Waals surface area contributed by atoms with Crippen molar-refractivity contribution in [2.24, 2.45) is 11.8 Å². The zero-order chi connectivity index (χ0) is 39.4. The number of carbonyl (C=O) groups excluding carboxylic acids is 3. The number of aryl methyl sites for hydroxylation is 2. The molecule has 2 aliphatic heterocycles. The minimum Gasteiger partial charge on any atom is -0.481 e. The Morgan fingerprint density at radius 3 is 1.72 bits per heavy atom. The van der Waals surface area contributed by atoms with Crippen molar-refractivity contribution in [2.45, 2.75) is 81.0 Å². The van der Waals surface area contributed by atoms with Gasteiger partial charge in [-0.25, -0.2) is 19.9 Å². The Morgan fingerprint density at radius 2 is 1.23 bits per heavy atom. The maximum Gasteiger partial charge on any atom is 0.306 e. The van der Waals surface area contributed by atoms with Gasteiger partial charge in [0.25, 0.3) is 0 Å². The van der Waals surface area contributed by atoms with Crippen molar-refractivity contribution in [2.75, 3.05) is 10.6 Å². The van der Waals surface area contributed by atoms with Gasteiger partial charge in [0.2, 0.25) is 5.91 Å². The lowest BCUT2D eigenvalue weighted by Crippen LogP contribution is -2.37. The van der Waals surface area contributed by atoms with E-state index in [1.165, 1.54) is 29.9 Å². The molecule has 0 spiro atoms. The van der Waals surface area contributed by atoms with E-state index in [2.05, 4.69) is 45.9 Å². The number of aliphatic carboxylic acids is 1. The third-order valence-electron chi connectivity index (χ3n) is 10.9. The third-order valence-corrected chi connectivity index (χ3v) is 12.8. The number of hydrogen-bond donors (Lipinski definition) is 6. The van der Waals surface area contributed by atoms with Crippen LogP contribution in [0, 0.1) is 11.8 Å². The minimum absolute atomic E-state index is 0.0469. The smallest absolute Gasteiger partial charge is 0.306 e. The molecule has 0 saturated carbocycles. The Labute approximate surface area is 335 Å². The lowest BCUT2D eigenvalue weighted by molar-refractivity contribution is -0.142. The van der Waals surface area contributed by atoms with E-state index >= 15 is 0 Å². The molecule has 2 atom stereocenters. The van der Waals surface area contributed by atoms with Crippen LogP contribution in [0.4, 0.5) is 23.0 Å². The highest BCUT2D eigenvalue weighted by Gasteiger charge is 2.31. The third kappa shape index (κ3) is 7.34. The molecule has 4 aromatic heterocycles. The van der Waals surface area contributed by atoms with Gasteiger partial charge in [0.15, 0.2) is 10.2 Å². The SMILES string of the molecule is CC(C)NC(=O)C1CCc2[nH]c3ncnc(Nc4ccc5c(c4)SC(=O)C5)c3c2C1.O=C1Cc2ccc(Nc3ncnc4[nH]c5c(c34)CC(C(=O)O)CC5)cc2S1. The van der Waals surface area contributed by atoms with Gasteiger partial charge in [-0.05, 0) is 98.9 Å². The van der Waals surface area contributed by atoms with Crippen LogP contribution in [-0.2, 0) is 57.7 Å². The van der Waals surface area contributed by atoms with Gasteiger partial charge in [0, 0.05) is 57.4 Å². The number of amides is 1. The lowest BCUT2D eigenvalue weighted by atomic mass is 9.86. The molecule has 16 heteroatoms. The van der Waals surface area contributed by atoms with Crippen LogP contribution in [0.5, 0.6) is 0 Å². The quantitative estimate of drug-likeness (QED) is 0.101. The second-order valence-electron chi connectivity index (χ2n) is 15.1. The van der Waals surface area contributed by atoms with E-state index in [0.29, 0.717) is 50.0 Å². The Bertz CT molecular complexity index is 2640. The van der Waals surface area contributed by atoms with Gasteiger partial charge >= 0.3 is 5.97 Å². The number of carboxylic acids is 1. The van der Waals surface area contributed by atoms with Gasteiger partial charge in [-0.15, -0.1) is 0 Å². The predicted octanol–water partition coefficient (Wildman–Crippen LogP) is 6.57. The Hall–Kier alpha value is -5.74. The summed E-state index contributed by atoms with van der Waals surface area (Å²) < 4.78 is 0. The van der Waals surface area contributed by atoms with E-state index in [-0.39, 0.29) is 34.0 Å². The number of thioether (sulfide) groups is 2. The molecule has 0 fully saturated rings. The summed E-state index contributed by atoms with van der Waals surface area (Å²) in [6.07, 6.45) is 8.10. The first-order valence-electron chi connectivity index (χ1n) is 19.0. The molecule has 4 aliphatic rings. The van der Waals surface area contributed by atoms with E-state index in [1.54, 1.807) is 6.33 Å². The monoisotopic (exact) mass is 801 g/mol. The van der Waals surface area contributed by atoms with E-state index < -0.39 is 5.97 Å². The van der Waals surface area contributed by atoms with Crippen LogP contribution < -0.4 is 16.0 Å². The molecule has 6 heterocycles. The molecule has 6 N–H and O–H groups in total. The van der Waals surface area contributed by atoms with Gasteiger partial charge in [-0.2, -0.15) is 0 Å². The Balaban J connectivity index is 0.000000149. The maximum absolute atomic E-state index is 12.6.